The van der Waals surface area contributed by atoms with Crippen LogP contribution in [0.25, 0.3) is 10.4 Å². The fraction of sp³-hybridized carbons (Fsp3) is 0.733. The van der Waals surface area contributed by atoms with E-state index in [-0.39, 0.29) is 10.8 Å². The molecule has 70 heavy (non-hydrogen) atoms. The molecule has 0 N–H and O–H groups in total. The molecule has 3 rings (SSSR count). The Balaban J connectivity index is 3.24. The van der Waals surface area contributed by atoms with Gasteiger partial charge in [0, 0.05) is 64.6 Å². The van der Waals surface area contributed by atoms with Crippen molar-refractivity contribution in [3.63, 3.8) is 0 Å². The molecule has 0 amide bonds. The normalized spacial score (nSPS) is 14.6. The molecule has 0 fully saturated rings. The van der Waals surface area contributed by atoms with Gasteiger partial charge >= 0.3 is 0 Å². The lowest BCUT2D eigenvalue weighted by Gasteiger charge is -2.46. The lowest BCUT2D eigenvalue weighted by atomic mass is 9.85. The molecule has 398 valence electrons. The molecule has 1 aromatic heterocycles. The summed E-state index contributed by atoms with van der Waals surface area (Å²) in [6, 6.07) is 11.6. The van der Waals surface area contributed by atoms with Gasteiger partial charge in [-0.05, 0) is 101 Å². The predicted molar refractivity (Wildman–Crippen MR) is 354 cm³/mol. The van der Waals surface area contributed by atoms with Gasteiger partial charge in [-0.25, -0.2) is 0 Å². The lowest BCUT2D eigenvalue weighted by molar-refractivity contribution is 0.588. The van der Waals surface area contributed by atoms with E-state index in [2.05, 4.69) is 251 Å². The molecule has 3 aromatic rings. The van der Waals surface area contributed by atoms with Crippen molar-refractivity contribution in [3.05, 3.63) is 78.3 Å². The molecule has 0 spiro atoms. The van der Waals surface area contributed by atoms with E-state index in [1.54, 1.807) is 11.1 Å². The molecule has 0 aliphatic carbocycles. The topological polar surface area (TPSA) is 0 Å². The van der Waals surface area contributed by atoms with Crippen molar-refractivity contribution in [2.75, 3.05) is 0 Å². The van der Waals surface area contributed by atoms with Crippen LogP contribution in [0, 0.1) is 0 Å². The number of rotatable bonds is 18. The van der Waals surface area contributed by atoms with Crippen LogP contribution in [-0.2, 0) is 36.5 Å². The Hall–Kier alpha value is 0.0888. The first-order chi connectivity index (χ1) is 30.9. The smallest absolute Gasteiger partial charge is 0.0693 e. The summed E-state index contributed by atoms with van der Waals surface area (Å²) >= 11 is 0. The zero-order valence-corrected chi connectivity index (χ0v) is 63.4. The fourth-order valence-corrected chi connectivity index (χ4v) is 76.6. The van der Waals surface area contributed by atoms with Gasteiger partial charge in [-0.2, -0.15) is 0 Å². The van der Waals surface area contributed by atoms with Crippen LogP contribution in [0.15, 0.2) is 24.3 Å². The molecule has 0 atom stereocenters. The van der Waals surface area contributed by atoms with Crippen molar-refractivity contribution < 1.29 is 0 Å². The second kappa shape index (κ2) is 21.5. The highest BCUT2D eigenvalue weighted by Gasteiger charge is 2.48. The van der Waals surface area contributed by atoms with E-state index in [4.69, 9.17) is 0 Å². The van der Waals surface area contributed by atoms with Crippen molar-refractivity contribution in [3.8, 4) is 10.4 Å². The molecule has 0 saturated carbocycles. The SMILES string of the molecule is CCc1c(CC)[si](-c2c(C([Si](C)(C)C)[Si](C)(C)C)cc(C(C)(C)C)cc2C([Si](C)(C)C)[Si](C)(C)C)c(CC)c(CC)[si]1-c1c(C([Si](C)(C)C)[Si](C)(C)C)cc(C(C)(C)C)cc1C([Si](C)(C)C)[Si](C)(C)C. The van der Waals surface area contributed by atoms with Gasteiger partial charge < -0.3 is 0 Å². The molecule has 2 aromatic carbocycles. The number of hydrogen-bond donors (Lipinski definition) is 0. The average molecular weight is 1120 g/mol. The molecule has 0 nitrogen and oxygen atoms in total. The summed E-state index contributed by atoms with van der Waals surface area (Å²) in [7, 11) is -16.3. The molecule has 0 aliphatic heterocycles. The zero-order valence-electron chi connectivity index (χ0n) is 53.4. The third-order valence-corrected chi connectivity index (χ3v) is 61.0. The third-order valence-electron chi connectivity index (χ3n) is 16.2. The molecule has 0 unspecified atom stereocenters. The van der Waals surface area contributed by atoms with Crippen LogP contribution < -0.4 is 0 Å². The average Bonchev–Trinajstić information content (AvgIpc) is 3.08. The zero-order chi connectivity index (χ0) is 55.0. The van der Waals surface area contributed by atoms with E-state index in [1.807, 2.05) is 53.3 Å². The van der Waals surface area contributed by atoms with Gasteiger partial charge in [-0.15, -0.1) is 0 Å². The van der Waals surface area contributed by atoms with Gasteiger partial charge in [0.25, 0.3) is 0 Å². The second-order valence-electron chi connectivity index (χ2n) is 33.3. The molecule has 0 radical (unpaired) electrons. The van der Waals surface area contributed by atoms with Crippen LogP contribution in [0.4, 0.5) is 0 Å². The summed E-state index contributed by atoms with van der Waals surface area (Å²) in [6.45, 7) is 91.8. The second-order valence-corrected chi connectivity index (χ2v) is 83.0. The quantitative estimate of drug-likeness (QED) is 0.111. The Morgan fingerprint density at radius 1 is 0.300 bits per heavy atom. The number of hydrogen-bond acceptors (Lipinski definition) is 0. The highest BCUT2D eigenvalue weighted by Crippen LogP contribution is 2.51. The van der Waals surface area contributed by atoms with Crippen LogP contribution >= 0.6 is 0 Å². The molecule has 10 heteroatoms. The maximum atomic E-state index is 2.90. The Kier molecular flexibility index (Phi) is 19.8. The van der Waals surface area contributed by atoms with E-state index in [1.165, 1.54) is 25.7 Å². The van der Waals surface area contributed by atoms with Crippen molar-refractivity contribution >= 4 is 81.4 Å². The van der Waals surface area contributed by atoms with E-state index in [0.29, 0.717) is 20.7 Å². The van der Waals surface area contributed by atoms with Crippen molar-refractivity contribution in [2.24, 2.45) is 0 Å². The van der Waals surface area contributed by atoms with E-state index in [9.17, 15) is 0 Å². The van der Waals surface area contributed by atoms with Gasteiger partial charge in [0.15, 0.2) is 0 Å². The van der Waals surface area contributed by atoms with Crippen molar-refractivity contribution in [2.45, 2.75) is 284 Å². The summed E-state index contributed by atoms with van der Waals surface area (Å²) in [5.41, 5.74) is 10.8. The summed E-state index contributed by atoms with van der Waals surface area (Å²) in [6.07, 6.45) is 4.79. The van der Waals surface area contributed by atoms with Crippen LogP contribution in [0.3, 0.4) is 0 Å². The fourth-order valence-electron chi connectivity index (χ4n) is 15.8. The van der Waals surface area contributed by atoms with E-state index >= 15 is 0 Å². The van der Waals surface area contributed by atoms with E-state index < -0.39 is 81.4 Å². The Bertz CT molecular complexity index is 1960. The maximum Gasteiger partial charge on any atom is 0.0796 e. The molecule has 0 bridgehead atoms. The first kappa shape index (κ1) is 64.4. The minimum absolute atomic E-state index is 0.0869. The van der Waals surface area contributed by atoms with Crippen LogP contribution in [0.1, 0.15) is 144 Å². The largest absolute Gasteiger partial charge is 0.0796 e. The van der Waals surface area contributed by atoms with Gasteiger partial charge in [-0.3, -0.25) is 0 Å². The standard InChI is InChI=1S/C60H118Si10/c1-35-49-50(36-2)62(54-47(57(67(23,24)25)68(26,27)28)41-44(60(8,9)10)42-48(54)58(69(29,30)31)70(32,33)34)52(38-4)51(37-3)61(49)53-45(55(63(11,12)13)64(14,15)16)39-43(59(5,6)7)40-46(53)56(65(17,18)19)66(20,21)22/h39-42,55-58H,35-38H2,1-34H3. The van der Waals surface area contributed by atoms with E-state index in [0.717, 1.165) is 0 Å². The summed E-state index contributed by atoms with van der Waals surface area (Å²) in [5.74, 6) is 0. The maximum absolute atomic E-state index is 2.90. The summed E-state index contributed by atoms with van der Waals surface area (Å²) in [4.78, 5) is 0. The van der Waals surface area contributed by atoms with Crippen LogP contribution in [0.2, 0.25) is 157 Å². The number of benzene rings is 2. The van der Waals surface area contributed by atoms with Crippen LogP contribution in [-0.4, -0.2) is 81.4 Å². The lowest BCUT2D eigenvalue weighted by Crippen LogP contribution is -2.50. The Morgan fingerprint density at radius 3 is 0.543 bits per heavy atom. The molecular weight excluding hydrogens is 1000 g/mol. The van der Waals surface area contributed by atoms with Gasteiger partial charge in [-0.1, -0.05) is 271 Å². The van der Waals surface area contributed by atoms with Gasteiger partial charge in [0.1, 0.15) is 0 Å². The molecule has 0 saturated heterocycles. The highest BCUT2D eigenvalue weighted by molar-refractivity contribution is 6.99. The molecule has 0 aliphatic rings. The Morgan fingerprint density at radius 2 is 0.443 bits per heavy atom. The summed E-state index contributed by atoms with van der Waals surface area (Å²) < 4.78 is 0. The van der Waals surface area contributed by atoms with Gasteiger partial charge in [0.05, 0.1) is 16.8 Å². The first-order valence-electron chi connectivity index (χ1n) is 28.5. The van der Waals surface area contributed by atoms with Crippen molar-refractivity contribution in [1.29, 1.82) is 0 Å². The minimum Gasteiger partial charge on any atom is -0.0693 e. The molecule has 1 heterocycles. The Labute approximate surface area is 450 Å². The first-order valence-corrected chi connectivity index (χ1v) is 60.1. The predicted octanol–water partition coefficient (Wildman–Crippen LogP) is 19.9. The summed E-state index contributed by atoms with van der Waals surface area (Å²) in [5, 5.41) is 14.5. The molecular formula is C60H118Si10. The monoisotopic (exact) mass is 1120 g/mol. The van der Waals surface area contributed by atoms with Crippen molar-refractivity contribution in [1.82, 2.24) is 0 Å². The van der Waals surface area contributed by atoms with Gasteiger partial charge in [0.2, 0.25) is 0 Å². The van der Waals surface area contributed by atoms with Crippen LogP contribution in [0.5, 0.6) is 0 Å². The highest BCUT2D eigenvalue weighted by atomic mass is 28.4. The third kappa shape index (κ3) is 14.0. The minimum atomic E-state index is -1.71.